The van der Waals surface area contributed by atoms with Crippen LogP contribution in [0.15, 0.2) is 6.33 Å². The summed E-state index contributed by atoms with van der Waals surface area (Å²) in [5, 5.41) is 0.354. The van der Waals surface area contributed by atoms with Gasteiger partial charge < -0.3 is 9.64 Å². The summed E-state index contributed by atoms with van der Waals surface area (Å²) in [5.74, 6) is 1.84. The zero-order valence-electron chi connectivity index (χ0n) is 11.1. The average Bonchev–Trinajstić information content (AvgIpc) is 2.25. The first-order chi connectivity index (χ1) is 7.97. The second-order valence-electron chi connectivity index (χ2n) is 4.66. The molecule has 1 rings (SSSR count). The van der Waals surface area contributed by atoms with Gasteiger partial charge in [-0.2, -0.15) is 0 Å². The van der Waals surface area contributed by atoms with Crippen LogP contribution in [0.1, 0.15) is 27.7 Å². The Morgan fingerprint density at radius 2 is 1.94 bits per heavy atom. The van der Waals surface area contributed by atoms with Crippen molar-refractivity contribution >= 4 is 17.4 Å². The molecule has 0 aliphatic rings. The van der Waals surface area contributed by atoms with Crippen molar-refractivity contribution in [2.24, 2.45) is 5.92 Å². The first kappa shape index (κ1) is 14.0. The van der Waals surface area contributed by atoms with Crippen molar-refractivity contribution in [1.29, 1.82) is 0 Å². The maximum Gasteiger partial charge on any atom is 0.199 e. The largest absolute Gasteiger partial charge is 0.490 e. The quantitative estimate of drug-likeness (QED) is 0.760. The predicted octanol–water partition coefficient (Wildman–Crippen LogP) is 3.01. The Labute approximate surface area is 108 Å². The molecule has 0 aliphatic heterocycles. The maximum absolute atomic E-state index is 6.01. The average molecular weight is 258 g/mol. The molecule has 1 aromatic heterocycles. The van der Waals surface area contributed by atoms with Crippen LogP contribution in [0.25, 0.3) is 0 Å². The minimum absolute atomic E-state index is 0.331. The summed E-state index contributed by atoms with van der Waals surface area (Å²) in [6.07, 6.45) is 1.47. The van der Waals surface area contributed by atoms with Crippen LogP contribution in [0.2, 0.25) is 5.15 Å². The van der Waals surface area contributed by atoms with Gasteiger partial charge >= 0.3 is 0 Å². The standard InChI is InChI=1S/C12H20ClN3O/c1-8(2)6-16(9(3)4)12-10(17-5)11(13)14-7-15-12/h7-9H,6H2,1-5H3. The van der Waals surface area contributed by atoms with Gasteiger partial charge in [-0.05, 0) is 19.8 Å². The van der Waals surface area contributed by atoms with Gasteiger partial charge in [-0.3, -0.25) is 0 Å². The van der Waals surface area contributed by atoms with E-state index in [4.69, 9.17) is 16.3 Å². The van der Waals surface area contributed by atoms with Gasteiger partial charge in [-0.1, -0.05) is 25.4 Å². The number of aromatic nitrogens is 2. The van der Waals surface area contributed by atoms with Crippen LogP contribution in [-0.4, -0.2) is 29.7 Å². The highest BCUT2D eigenvalue weighted by molar-refractivity contribution is 6.31. The van der Waals surface area contributed by atoms with Crippen molar-refractivity contribution < 1.29 is 4.74 Å². The lowest BCUT2D eigenvalue weighted by Gasteiger charge is -2.30. The zero-order valence-corrected chi connectivity index (χ0v) is 11.8. The summed E-state index contributed by atoms with van der Waals surface area (Å²) < 4.78 is 5.29. The van der Waals surface area contributed by atoms with Crippen LogP contribution in [0.5, 0.6) is 5.75 Å². The van der Waals surface area contributed by atoms with Gasteiger partial charge in [0.25, 0.3) is 0 Å². The van der Waals surface area contributed by atoms with E-state index in [9.17, 15) is 0 Å². The molecule has 0 aromatic carbocycles. The molecule has 17 heavy (non-hydrogen) atoms. The second kappa shape index (κ2) is 6.05. The molecule has 0 spiro atoms. The minimum Gasteiger partial charge on any atom is -0.490 e. The second-order valence-corrected chi connectivity index (χ2v) is 5.02. The van der Waals surface area contributed by atoms with Gasteiger partial charge in [-0.25, -0.2) is 9.97 Å². The highest BCUT2D eigenvalue weighted by Crippen LogP contribution is 2.32. The van der Waals surface area contributed by atoms with Crippen LogP contribution in [0.4, 0.5) is 5.82 Å². The molecule has 0 atom stereocenters. The minimum atomic E-state index is 0.331. The Hall–Kier alpha value is -1.03. The van der Waals surface area contributed by atoms with Gasteiger partial charge in [0.05, 0.1) is 7.11 Å². The SMILES string of the molecule is COc1c(Cl)ncnc1N(CC(C)C)C(C)C. The normalized spacial score (nSPS) is 11.1. The highest BCUT2D eigenvalue weighted by Gasteiger charge is 2.20. The first-order valence-electron chi connectivity index (χ1n) is 5.78. The molecule has 0 saturated carbocycles. The van der Waals surface area contributed by atoms with Crippen LogP contribution >= 0.6 is 11.6 Å². The summed E-state index contributed by atoms with van der Waals surface area (Å²) in [6, 6.07) is 0.331. The molecule has 5 heteroatoms. The Morgan fingerprint density at radius 3 is 2.41 bits per heavy atom. The summed E-state index contributed by atoms with van der Waals surface area (Å²) in [6.45, 7) is 9.49. The lowest BCUT2D eigenvalue weighted by Crippen LogP contribution is -2.35. The van der Waals surface area contributed by atoms with E-state index in [1.165, 1.54) is 6.33 Å². The van der Waals surface area contributed by atoms with Gasteiger partial charge in [-0.15, -0.1) is 0 Å². The van der Waals surface area contributed by atoms with E-state index < -0.39 is 0 Å². The molecule has 0 bridgehead atoms. The van der Waals surface area contributed by atoms with Gasteiger partial charge in [0.1, 0.15) is 6.33 Å². The number of hydrogen-bond acceptors (Lipinski definition) is 4. The lowest BCUT2D eigenvalue weighted by molar-refractivity contribution is 0.407. The summed E-state index contributed by atoms with van der Waals surface area (Å²) in [4.78, 5) is 10.4. The molecular formula is C12H20ClN3O. The summed E-state index contributed by atoms with van der Waals surface area (Å²) >= 11 is 6.01. The van der Waals surface area contributed by atoms with Crippen molar-refractivity contribution in [1.82, 2.24) is 9.97 Å². The van der Waals surface area contributed by atoms with Crippen molar-refractivity contribution in [3.05, 3.63) is 11.5 Å². The maximum atomic E-state index is 6.01. The predicted molar refractivity (Wildman–Crippen MR) is 70.9 cm³/mol. The number of ether oxygens (including phenoxy) is 1. The molecule has 0 saturated heterocycles. The van der Waals surface area contributed by atoms with E-state index in [0.29, 0.717) is 22.9 Å². The Bertz CT molecular complexity index is 369. The Morgan fingerprint density at radius 1 is 1.29 bits per heavy atom. The molecular weight excluding hydrogens is 238 g/mol. The Balaban J connectivity index is 3.13. The van der Waals surface area contributed by atoms with E-state index in [0.717, 1.165) is 12.4 Å². The lowest BCUT2D eigenvalue weighted by atomic mass is 10.2. The smallest absolute Gasteiger partial charge is 0.199 e. The van der Waals surface area contributed by atoms with Gasteiger partial charge in [0.2, 0.25) is 0 Å². The molecule has 0 aliphatic carbocycles. The molecule has 1 heterocycles. The summed E-state index contributed by atoms with van der Waals surface area (Å²) in [7, 11) is 1.59. The third-order valence-electron chi connectivity index (χ3n) is 2.40. The number of nitrogens with zero attached hydrogens (tertiary/aromatic N) is 3. The molecule has 0 amide bonds. The van der Waals surface area contributed by atoms with Gasteiger partial charge in [0, 0.05) is 12.6 Å². The third kappa shape index (κ3) is 3.46. The van der Waals surface area contributed by atoms with E-state index in [-0.39, 0.29) is 0 Å². The van der Waals surface area contributed by atoms with E-state index >= 15 is 0 Å². The highest BCUT2D eigenvalue weighted by atomic mass is 35.5. The first-order valence-corrected chi connectivity index (χ1v) is 6.16. The molecule has 0 fully saturated rings. The molecule has 4 nitrogen and oxygen atoms in total. The number of hydrogen-bond donors (Lipinski definition) is 0. The molecule has 0 radical (unpaired) electrons. The fourth-order valence-corrected chi connectivity index (χ4v) is 1.86. The van der Waals surface area contributed by atoms with E-state index in [2.05, 4.69) is 42.6 Å². The van der Waals surface area contributed by atoms with Crippen molar-refractivity contribution in [3.63, 3.8) is 0 Å². The number of anilines is 1. The Kier molecular flexibility index (Phi) is 5.00. The van der Waals surface area contributed by atoms with Crippen LogP contribution in [-0.2, 0) is 0 Å². The van der Waals surface area contributed by atoms with E-state index in [1.807, 2.05) is 0 Å². The van der Waals surface area contributed by atoms with Crippen LogP contribution in [0.3, 0.4) is 0 Å². The number of rotatable bonds is 5. The summed E-state index contributed by atoms with van der Waals surface area (Å²) in [5.41, 5.74) is 0. The van der Waals surface area contributed by atoms with Crippen LogP contribution in [0, 0.1) is 5.92 Å². The molecule has 96 valence electrons. The fraction of sp³-hybridized carbons (Fsp3) is 0.667. The van der Waals surface area contributed by atoms with Gasteiger partial charge in [0.15, 0.2) is 16.7 Å². The van der Waals surface area contributed by atoms with Crippen LogP contribution < -0.4 is 9.64 Å². The monoisotopic (exact) mass is 257 g/mol. The molecule has 0 N–H and O–H groups in total. The fourth-order valence-electron chi connectivity index (χ4n) is 1.66. The number of halogens is 1. The third-order valence-corrected chi connectivity index (χ3v) is 2.67. The molecule has 1 aromatic rings. The molecule has 0 unspecified atom stereocenters. The number of methoxy groups -OCH3 is 1. The topological polar surface area (TPSA) is 38.3 Å². The van der Waals surface area contributed by atoms with E-state index in [1.54, 1.807) is 7.11 Å². The van der Waals surface area contributed by atoms with Crippen molar-refractivity contribution in [2.75, 3.05) is 18.6 Å². The zero-order chi connectivity index (χ0) is 13.0. The van der Waals surface area contributed by atoms with Crippen molar-refractivity contribution in [2.45, 2.75) is 33.7 Å². The van der Waals surface area contributed by atoms with Crippen molar-refractivity contribution in [3.8, 4) is 5.75 Å².